The van der Waals surface area contributed by atoms with E-state index in [-0.39, 0.29) is 5.91 Å². The Kier molecular flexibility index (Phi) is 4.44. The van der Waals surface area contributed by atoms with Crippen LogP contribution in [-0.2, 0) is 6.54 Å². The van der Waals surface area contributed by atoms with Gasteiger partial charge in [0.2, 0.25) is 0 Å². The summed E-state index contributed by atoms with van der Waals surface area (Å²) in [5, 5.41) is 4.10. The van der Waals surface area contributed by atoms with Crippen molar-refractivity contribution in [3.8, 4) is 0 Å². The number of hydrogen-bond donors (Lipinski definition) is 0. The zero-order chi connectivity index (χ0) is 15.4. The third kappa shape index (κ3) is 3.14. The average Bonchev–Trinajstić information content (AvgIpc) is 3.06. The second kappa shape index (κ2) is 6.66. The fourth-order valence-corrected chi connectivity index (χ4v) is 3.01. The van der Waals surface area contributed by atoms with Crippen LogP contribution in [0, 0.1) is 0 Å². The van der Waals surface area contributed by atoms with E-state index in [4.69, 9.17) is 0 Å². The summed E-state index contributed by atoms with van der Waals surface area (Å²) in [5.74, 6) is -0.0636. The molecule has 0 aliphatic carbocycles. The Morgan fingerprint density at radius 3 is 2.77 bits per heavy atom. The van der Waals surface area contributed by atoms with Gasteiger partial charge in [0.1, 0.15) is 5.69 Å². The van der Waals surface area contributed by atoms with E-state index >= 15 is 0 Å². The lowest BCUT2D eigenvalue weighted by Crippen LogP contribution is -2.31. The molecule has 112 valence electrons. The molecule has 1 aromatic carbocycles. The zero-order valence-corrected chi connectivity index (χ0v) is 13.2. The summed E-state index contributed by atoms with van der Waals surface area (Å²) in [5.41, 5.74) is 3.11. The van der Waals surface area contributed by atoms with Crippen molar-refractivity contribution in [3.05, 3.63) is 58.5 Å². The molecule has 0 unspecified atom stereocenters. The van der Waals surface area contributed by atoms with Crippen molar-refractivity contribution in [3.63, 3.8) is 0 Å². The molecule has 0 aliphatic rings. The molecular weight excluding hydrogens is 294 g/mol. The van der Waals surface area contributed by atoms with Crippen LogP contribution in [0.3, 0.4) is 0 Å². The normalized spacial score (nSPS) is 10.8. The smallest absolute Gasteiger partial charge is 0.274 e. The first-order valence-corrected chi connectivity index (χ1v) is 8.24. The molecule has 4 nitrogen and oxygen atoms in total. The number of rotatable bonds is 5. The summed E-state index contributed by atoms with van der Waals surface area (Å²) in [6.07, 6.45) is 2.48. The Morgan fingerprint density at radius 2 is 2.05 bits per heavy atom. The SMILES string of the molecule is CCCN(Cc1ccsc1)C(=O)c1cnc2ccccc2n1. The van der Waals surface area contributed by atoms with Crippen molar-refractivity contribution in [1.29, 1.82) is 0 Å². The van der Waals surface area contributed by atoms with Crippen molar-refractivity contribution in [2.75, 3.05) is 6.54 Å². The number of para-hydroxylation sites is 2. The van der Waals surface area contributed by atoms with Gasteiger partial charge in [0, 0.05) is 13.1 Å². The number of benzene rings is 1. The average molecular weight is 311 g/mol. The number of amides is 1. The van der Waals surface area contributed by atoms with Crippen molar-refractivity contribution in [1.82, 2.24) is 14.9 Å². The molecular formula is C17H17N3OS. The number of carbonyl (C=O) groups is 1. The summed E-state index contributed by atoms with van der Waals surface area (Å²) in [6.45, 7) is 3.40. The third-order valence-corrected chi connectivity index (χ3v) is 4.13. The Balaban J connectivity index is 1.87. The van der Waals surface area contributed by atoms with Crippen LogP contribution in [0.4, 0.5) is 0 Å². The maximum Gasteiger partial charge on any atom is 0.274 e. The van der Waals surface area contributed by atoms with Gasteiger partial charge in [-0.15, -0.1) is 0 Å². The van der Waals surface area contributed by atoms with Gasteiger partial charge in [-0.25, -0.2) is 4.98 Å². The van der Waals surface area contributed by atoms with E-state index in [9.17, 15) is 4.79 Å². The predicted molar refractivity (Wildman–Crippen MR) is 88.9 cm³/mol. The van der Waals surface area contributed by atoms with Gasteiger partial charge in [0.25, 0.3) is 5.91 Å². The molecule has 3 aromatic rings. The lowest BCUT2D eigenvalue weighted by atomic mass is 10.2. The van der Waals surface area contributed by atoms with Gasteiger partial charge in [0.05, 0.1) is 17.2 Å². The molecule has 3 rings (SSSR count). The third-order valence-electron chi connectivity index (χ3n) is 3.40. The molecule has 22 heavy (non-hydrogen) atoms. The number of carbonyl (C=O) groups excluding carboxylic acids is 1. The summed E-state index contributed by atoms with van der Waals surface area (Å²) >= 11 is 1.64. The molecule has 0 spiro atoms. The summed E-state index contributed by atoms with van der Waals surface area (Å²) in [7, 11) is 0. The Bertz CT molecular complexity index is 770. The van der Waals surface area contributed by atoms with E-state index in [2.05, 4.69) is 22.3 Å². The first-order valence-electron chi connectivity index (χ1n) is 7.30. The van der Waals surface area contributed by atoms with E-state index in [0.717, 1.165) is 23.0 Å². The highest BCUT2D eigenvalue weighted by Crippen LogP contribution is 2.14. The molecule has 2 heterocycles. The fourth-order valence-electron chi connectivity index (χ4n) is 2.35. The highest BCUT2D eigenvalue weighted by atomic mass is 32.1. The summed E-state index contributed by atoms with van der Waals surface area (Å²) in [6, 6.07) is 9.64. The van der Waals surface area contributed by atoms with Crippen molar-refractivity contribution >= 4 is 28.3 Å². The van der Waals surface area contributed by atoms with Gasteiger partial charge in [-0.2, -0.15) is 11.3 Å². The van der Waals surface area contributed by atoms with Crippen LogP contribution in [0.15, 0.2) is 47.3 Å². The monoisotopic (exact) mass is 311 g/mol. The van der Waals surface area contributed by atoms with E-state index in [1.807, 2.05) is 40.6 Å². The minimum Gasteiger partial charge on any atom is -0.333 e. The first kappa shape index (κ1) is 14.7. The number of nitrogens with zero attached hydrogens (tertiary/aromatic N) is 3. The molecule has 0 aliphatic heterocycles. The fraction of sp³-hybridized carbons (Fsp3) is 0.235. The number of fused-ring (bicyclic) bond motifs is 1. The summed E-state index contributed by atoms with van der Waals surface area (Å²) < 4.78 is 0. The Labute approximate surface area is 133 Å². The van der Waals surface area contributed by atoms with Crippen LogP contribution in [0.5, 0.6) is 0 Å². The van der Waals surface area contributed by atoms with Crippen LogP contribution < -0.4 is 0 Å². The molecule has 0 radical (unpaired) electrons. The second-order valence-corrected chi connectivity index (χ2v) is 5.88. The highest BCUT2D eigenvalue weighted by molar-refractivity contribution is 7.07. The molecule has 5 heteroatoms. The van der Waals surface area contributed by atoms with Gasteiger partial charge in [-0.1, -0.05) is 19.1 Å². The Morgan fingerprint density at radius 1 is 1.23 bits per heavy atom. The molecule has 0 bridgehead atoms. The number of thiophene rings is 1. The minimum atomic E-state index is -0.0636. The van der Waals surface area contributed by atoms with Gasteiger partial charge in [-0.3, -0.25) is 9.78 Å². The van der Waals surface area contributed by atoms with E-state index in [1.54, 1.807) is 17.5 Å². The maximum atomic E-state index is 12.7. The lowest BCUT2D eigenvalue weighted by molar-refractivity contribution is 0.0737. The first-order chi connectivity index (χ1) is 10.8. The van der Waals surface area contributed by atoms with Crippen molar-refractivity contribution in [2.24, 2.45) is 0 Å². The van der Waals surface area contributed by atoms with Crippen LogP contribution in [0.2, 0.25) is 0 Å². The minimum absolute atomic E-state index is 0.0636. The van der Waals surface area contributed by atoms with Crippen LogP contribution >= 0.6 is 11.3 Å². The van der Waals surface area contributed by atoms with Crippen molar-refractivity contribution in [2.45, 2.75) is 19.9 Å². The van der Waals surface area contributed by atoms with Gasteiger partial charge >= 0.3 is 0 Å². The molecule has 0 fully saturated rings. The van der Waals surface area contributed by atoms with E-state index in [1.165, 1.54) is 0 Å². The van der Waals surface area contributed by atoms with Gasteiger partial charge in [0.15, 0.2) is 0 Å². The lowest BCUT2D eigenvalue weighted by Gasteiger charge is -2.21. The number of aromatic nitrogens is 2. The standard InChI is InChI=1S/C17H17N3OS/c1-2-8-20(11-13-7-9-22-12-13)17(21)16-10-18-14-5-3-4-6-15(14)19-16/h3-7,9-10,12H,2,8,11H2,1H3. The van der Waals surface area contributed by atoms with Crippen LogP contribution in [0.25, 0.3) is 11.0 Å². The molecule has 1 amide bonds. The molecule has 0 saturated carbocycles. The van der Waals surface area contributed by atoms with Crippen LogP contribution in [0.1, 0.15) is 29.4 Å². The van der Waals surface area contributed by atoms with Crippen LogP contribution in [-0.4, -0.2) is 27.3 Å². The topological polar surface area (TPSA) is 46.1 Å². The van der Waals surface area contributed by atoms with E-state index < -0.39 is 0 Å². The van der Waals surface area contributed by atoms with Gasteiger partial charge in [-0.05, 0) is 40.9 Å². The highest BCUT2D eigenvalue weighted by Gasteiger charge is 2.17. The zero-order valence-electron chi connectivity index (χ0n) is 12.4. The van der Waals surface area contributed by atoms with E-state index in [0.29, 0.717) is 18.8 Å². The largest absolute Gasteiger partial charge is 0.333 e. The molecule has 0 atom stereocenters. The predicted octanol–water partition coefficient (Wildman–Crippen LogP) is 3.74. The summed E-state index contributed by atoms with van der Waals surface area (Å²) in [4.78, 5) is 23.4. The van der Waals surface area contributed by atoms with Gasteiger partial charge < -0.3 is 4.90 Å². The quantitative estimate of drug-likeness (QED) is 0.721. The molecule has 0 saturated heterocycles. The van der Waals surface area contributed by atoms with Crippen molar-refractivity contribution < 1.29 is 4.79 Å². The molecule has 2 aromatic heterocycles. The maximum absolute atomic E-state index is 12.7. The Hall–Kier alpha value is -2.27. The second-order valence-electron chi connectivity index (χ2n) is 5.10. The molecule has 0 N–H and O–H groups in total. The number of hydrogen-bond acceptors (Lipinski definition) is 4.